The van der Waals surface area contributed by atoms with Gasteiger partial charge in [-0.2, -0.15) is 13.2 Å². The van der Waals surface area contributed by atoms with E-state index in [-0.39, 0.29) is 6.61 Å². The van der Waals surface area contributed by atoms with Gasteiger partial charge in [-0.1, -0.05) is 0 Å². The summed E-state index contributed by atoms with van der Waals surface area (Å²) in [5.74, 6) is -3.46. The standard InChI is InChI=1S/C10H14F3NO4S/c11-10(12,13)19-5-7(15)14-8(9(16)17)6-2-1-3-18-4-6/h6,8H,1-5H2,(H,14,15)(H,16,17). The van der Waals surface area contributed by atoms with Crippen LogP contribution in [0.25, 0.3) is 0 Å². The molecule has 1 saturated heterocycles. The molecule has 5 nitrogen and oxygen atoms in total. The van der Waals surface area contributed by atoms with Gasteiger partial charge >= 0.3 is 11.5 Å². The average Bonchev–Trinajstić information content (AvgIpc) is 2.33. The van der Waals surface area contributed by atoms with E-state index < -0.39 is 46.9 Å². The van der Waals surface area contributed by atoms with Gasteiger partial charge in [-0.15, -0.1) is 0 Å². The van der Waals surface area contributed by atoms with E-state index in [1.54, 1.807) is 0 Å². The van der Waals surface area contributed by atoms with Gasteiger partial charge in [-0.25, -0.2) is 4.79 Å². The Balaban J connectivity index is 2.48. The molecular formula is C10H14F3NO4S. The summed E-state index contributed by atoms with van der Waals surface area (Å²) < 4.78 is 40.8. The number of carboxylic acid groups (broad SMARTS) is 1. The van der Waals surface area contributed by atoms with Crippen LogP contribution in [0.2, 0.25) is 0 Å². The van der Waals surface area contributed by atoms with Crippen LogP contribution in [-0.4, -0.2) is 47.5 Å². The first-order chi connectivity index (χ1) is 8.79. The molecule has 1 rings (SSSR count). The maximum absolute atomic E-state index is 11.9. The predicted molar refractivity (Wildman–Crippen MR) is 61.6 cm³/mol. The molecule has 0 bridgehead atoms. The topological polar surface area (TPSA) is 75.6 Å². The second-order valence-corrected chi connectivity index (χ2v) is 5.14. The van der Waals surface area contributed by atoms with Crippen LogP contribution in [0, 0.1) is 5.92 Å². The molecule has 19 heavy (non-hydrogen) atoms. The normalized spacial score (nSPS) is 21.7. The van der Waals surface area contributed by atoms with Crippen LogP contribution >= 0.6 is 11.8 Å². The lowest BCUT2D eigenvalue weighted by molar-refractivity contribution is -0.144. The zero-order valence-corrected chi connectivity index (χ0v) is 10.7. The molecule has 1 amide bonds. The van der Waals surface area contributed by atoms with Gasteiger partial charge in [0.1, 0.15) is 6.04 Å². The Hall–Kier alpha value is -0.960. The summed E-state index contributed by atoms with van der Waals surface area (Å²) in [5, 5.41) is 11.1. The van der Waals surface area contributed by atoms with Crippen molar-refractivity contribution in [3.05, 3.63) is 0 Å². The first-order valence-corrected chi connectivity index (χ1v) is 6.59. The summed E-state index contributed by atoms with van der Waals surface area (Å²) in [6.45, 7) is 0.713. The van der Waals surface area contributed by atoms with Crippen molar-refractivity contribution in [2.75, 3.05) is 19.0 Å². The molecule has 1 fully saturated rings. The molecule has 0 aromatic carbocycles. The number of alkyl halides is 3. The fraction of sp³-hybridized carbons (Fsp3) is 0.800. The highest BCUT2D eigenvalue weighted by Crippen LogP contribution is 2.29. The van der Waals surface area contributed by atoms with Crippen LogP contribution in [0.4, 0.5) is 13.2 Å². The van der Waals surface area contributed by atoms with Crippen molar-refractivity contribution in [2.24, 2.45) is 5.92 Å². The fourth-order valence-electron chi connectivity index (χ4n) is 1.77. The Kier molecular flexibility index (Phi) is 5.92. The Morgan fingerprint density at radius 2 is 2.16 bits per heavy atom. The van der Waals surface area contributed by atoms with Gasteiger partial charge in [0.05, 0.1) is 12.4 Å². The van der Waals surface area contributed by atoms with Crippen LogP contribution in [-0.2, 0) is 14.3 Å². The summed E-state index contributed by atoms with van der Waals surface area (Å²) in [6.07, 6.45) is 1.23. The molecule has 9 heteroatoms. The first kappa shape index (κ1) is 16.1. The smallest absolute Gasteiger partial charge is 0.442 e. The molecule has 110 valence electrons. The van der Waals surface area contributed by atoms with Gasteiger partial charge in [0.25, 0.3) is 0 Å². The number of thioether (sulfide) groups is 1. The maximum atomic E-state index is 11.9. The van der Waals surface area contributed by atoms with Crippen LogP contribution < -0.4 is 5.32 Å². The van der Waals surface area contributed by atoms with Crippen LogP contribution in [0.1, 0.15) is 12.8 Å². The SMILES string of the molecule is O=C(CSC(F)(F)F)NC(C(=O)O)C1CCCOC1. The Morgan fingerprint density at radius 1 is 1.47 bits per heavy atom. The van der Waals surface area contributed by atoms with Crippen molar-refractivity contribution in [3.8, 4) is 0 Å². The summed E-state index contributed by atoms with van der Waals surface area (Å²) in [5.41, 5.74) is -4.51. The van der Waals surface area contributed by atoms with Gasteiger partial charge < -0.3 is 15.2 Å². The molecule has 0 radical (unpaired) electrons. The zero-order valence-electron chi connectivity index (χ0n) is 9.90. The molecule has 0 saturated carbocycles. The van der Waals surface area contributed by atoms with Gasteiger partial charge in [-0.3, -0.25) is 4.79 Å². The van der Waals surface area contributed by atoms with Crippen molar-refractivity contribution in [1.82, 2.24) is 5.32 Å². The van der Waals surface area contributed by atoms with Gasteiger partial charge in [0.2, 0.25) is 5.91 Å². The number of carboxylic acids is 1. The van der Waals surface area contributed by atoms with E-state index in [4.69, 9.17) is 9.84 Å². The zero-order chi connectivity index (χ0) is 14.5. The number of carbonyl (C=O) groups is 2. The molecule has 0 aliphatic carbocycles. The minimum atomic E-state index is -4.51. The highest BCUT2D eigenvalue weighted by atomic mass is 32.2. The largest absolute Gasteiger partial charge is 0.480 e. The molecule has 2 atom stereocenters. The third-order valence-corrected chi connectivity index (χ3v) is 3.35. The number of amides is 1. The van der Waals surface area contributed by atoms with Gasteiger partial charge in [0.15, 0.2) is 0 Å². The van der Waals surface area contributed by atoms with E-state index >= 15 is 0 Å². The van der Waals surface area contributed by atoms with E-state index in [0.29, 0.717) is 19.4 Å². The quantitative estimate of drug-likeness (QED) is 0.799. The Bertz CT molecular complexity index is 331. The summed E-state index contributed by atoms with van der Waals surface area (Å²) >= 11 is -0.494. The van der Waals surface area contributed by atoms with Crippen LogP contribution in [0.3, 0.4) is 0 Å². The minimum absolute atomic E-state index is 0.184. The molecule has 1 aliphatic rings. The number of hydrogen-bond donors (Lipinski definition) is 2. The predicted octanol–water partition coefficient (Wildman–Crippen LogP) is 1.24. The molecule has 0 aromatic heterocycles. The van der Waals surface area contributed by atoms with Crippen molar-refractivity contribution in [1.29, 1.82) is 0 Å². The Morgan fingerprint density at radius 3 is 2.63 bits per heavy atom. The summed E-state index contributed by atoms with van der Waals surface area (Å²) in [7, 11) is 0. The minimum Gasteiger partial charge on any atom is -0.480 e. The number of hydrogen-bond acceptors (Lipinski definition) is 4. The van der Waals surface area contributed by atoms with Crippen molar-refractivity contribution < 1.29 is 32.6 Å². The van der Waals surface area contributed by atoms with Crippen molar-refractivity contribution >= 4 is 23.6 Å². The monoisotopic (exact) mass is 301 g/mol. The van der Waals surface area contributed by atoms with E-state index in [0.717, 1.165) is 0 Å². The second-order valence-electron chi connectivity index (χ2n) is 4.10. The fourth-order valence-corrected chi connectivity index (χ4v) is 2.15. The molecule has 0 aromatic rings. The number of rotatable bonds is 5. The summed E-state index contributed by atoms with van der Waals surface area (Å²) in [6, 6.07) is -1.21. The molecular weight excluding hydrogens is 287 g/mol. The average molecular weight is 301 g/mol. The molecule has 1 aliphatic heterocycles. The number of nitrogens with one attached hydrogen (secondary N) is 1. The lowest BCUT2D eigenvalue weighted by Crippen LogP contribution is -2.49. The third-order valence-electron chi connectivity index (χ3n) is 2.62. The lowest BCUT2D eigenvalue weighted by Gasteiger charge is -2.28. The van der Waals surface area contributed by atoms with E-state index in [1.807, 2.05) is 0 Å². The van der Waals surface area contributed by atoms with Crippen molar-refractivity contribution in [2.45, 2.75) is 24.4 Å². The molecule has 1 heterocycles. The lowest BCUT2D eigenvalue weighted by atomic mass is 9.94. The van der Waals surface area contributed by atoms with E-state index in [9.17, 15) is 22.8 Å². The number of carbonyl (C=O) groups excluding carboxylic acids is 1. The van der Waals surface area contributed by atoms with Gasteiger partial charge in [-0.05, 0) is 24.6 Å². The highest BCUT2D eigenvalue weighted by Gasteiger charge is 2.33. The van der Waals surface area contributed by atoms with E-state index in [1.165, 1.54) is 0 Å². The second kappa shape index (κ2) is 6.99. The third kappa shape index (κ3) is 6.15. The van der Waals surface area contributed by atoms with Gasteiger partial charge in [0, 0.05) is 12.5 Å². The maximum Gasteiger partial charge on any atom is 0.442 e. The Labute approximate surface area is 111 Å². The first-order valence-electron chi connectivity index (χ1n) is 5.60. The molecule has 0 spiro atoms. The van der Waals surface area contributed by atoms with Crippen LogP contribution in [0.15, 0.2) is 0 Å². The highest BCUT2D eigenvalue weighted by molar-refractivity contribution is 8.00. The van der Waals surface area contributed by atoms with E-state index in [2.05, 4.69) is 5.32 Å². The molecule has 2 unspecified atom stereocenters. The molecule has 2 N–H and O–H groups in total. The number of aliphatic carboxylic acids is 1. The van der Waals surface area contributed by atoms with Crippen LogP contribution in [0.5, 0.6) is 0 Å². The van der Waals surface area contributed by atoms with Crippen molar-refractivity contribution in [3.63, 3.8) is 0 Å². The summed E-state index contributed by atoms with van der Waals surface area (Å²) in [4.78, 5) is 22.3. The number of halogens is 3. The number of ether oxygens (including phenoxy) is 1.